The van der Waals surface area contributed by atoms with Gasteiger partial charge in [-0.1, -0.05) is 51.0 Å². The number of anilines is 1. The highest BCUT2D eigenvalue weighted by Crippen LogP contribution is 2.39. The molecule has 1 aliphatic rings. The van der Waals surface area contributed by atoms with Crippen LogP contribution < -0.4 is 10.1 Å². The summed E-state index contributed by atoms with van der Waals surface area (Å²) < 4.78 is 5.58. The minimum absolute atomic E-state index is 0.451. The van der Waals surface area contributed by atoms with Gasteiger partial charge in [-0.2, -0.15) is 0 Å². The van der Waals surface area contributed by atoms with E-state index in [2.05, 4.69) is 44.2 Å². The molecule has 3 rings (SSSR count). The lowest BCUT2D eigenvalue weighted by Crippen LogP contribution is -2.29. The molecule has 29 heavy (non-hydrogen) atoms. The average molecular weight is 395 g/mol. The number of nitrogens with one attached hydrogen (secondary N) is 1. The molecule has 1 saturated carbocycles. The first-order valence-corrected chi connectivity index (χ1v) is 10.8. The van der Waals surface area contributed by atoms with Gasteiger partial charge in [-0.3, -0.25) is 5.32 Å². The van der Waals surface area contributed by atoms with Crippen molar-refractivity contribution in [1.29, 1.82) is 0 Å². The number of carbonyl (C=O) groups excluding carboxylic acids is 1. The Balaban J connectivity index is 1.65. The van der Waals surface area contributed by atoms with Gasteiger partial charge < -0.3 is 9.64 Å². The van der Waals surface area contributed by atoms with Gasteiger partial charge in [0.2, 0.25) is 0 Å². The summed E-state index contributed by atoms with van der Waals surface area (Å²) in [6.07, 6.45) is 4.60. The number of hydrogen-bond donors (Lipinski definition) is 1. The Morgan fingerprint density at radius 2 is 1.83 bits per heavy atom. The molecular weight excluding hydrogens is 360 g/mol. The number of rotatable bonds is 6. The van der Waals surface area contributed by atoms with Crippen LogP contribution in [0.15, 0.2) is 48.5 Å². The molecule has 0 spiro atoms. The second kappa shape index (κ2) is 9.93. The molecule has 1 aliphatic carbocycles. The van der Waals surface area contributed by atoms with Gasteiger partial charge in [0, 0.05) is 12.2 Å². The molecule has 0 heterocycles. The van der Waals surface area contributed by atoms with Crippen molar-refractivity contribution in [3.05, 3.63) is 59.7 Å². The van der Waals surface area contributed by atoms with E-state index in [1.165, 1.54) is 36.8 Å². The van der Waals surface area contributed by atoms with Crippen molar-refractivity contribution in [3.8, 4) is 5.75 Å². The fraction of sp³-hybridized carbons (Fsp3) is 0.480. The van der Waals surface area contributed by atoms with Crippen LogP contribution in [0.25, 0.3) is 0 Å². The van der Waals surface area contributed by atoms with Gasteiger partial charge in [0.1, 0.15) is 5.75 Å². The zero-order chi connectivity index (χ0) is 20.8. The van der Waals surface area contributed by atoms with Gasteiger partial charge >= 0.3 is 6.09 Å². The van der Waals surface area contributed by atoms with E-state index in [0.29, 0.717) is 23.5 Å². The van der Waals surface area contributed by atoms with Crippen LogP contribution in [0.5, 0.6) is 5.75 Å². The van der Waals surface area contributed by atoms with Crippen LogP contribution in [0.2, 0.25) is 0 Å². The van der Waals surface area contributed by atoms with E-state index in [-0.39, 0.29) is 0 Å². The normalized spacial score (nSPS) is 19.4. The van der Waals surface area contributed by atoms with E-state index in [1.807, 2.05) is 42.5 Å². The maximum atomic E-state index is 12.4. The summed E-state index contributed by atoms with van der Waals surface area (Å²) in [5.41, 5.74) is 3.27. The van der Waals surface area contributed by atoms with Crippen molar-refractivity contribution in [2.24, 2.45) is 5.92 Å². The minimum atomic E-state index is -0.451. The molecule has 1 amide bonds. The first-order valence-electron chi connectivity index (χ1n) is 10.8. The molecule has 2 aromatic rings. The summed E-state index contributed by atoms with van der Waals surface area (Å²) in [5, 5.41) is 2.82. The predicted molar refractivity (Wildman–Crippen MR) is 120 cm³/mol. The lowest BCUT2D eigenvalue weighted by molar-refractivity contribution is 0.214. The molecule has 0 aliphatic heterocycles. The number of carbonyl (C=O) groups is 1. The maximum absolute atomic E-state index is 12.4. The fourth-order valence-electron chi connectivity index (χ4n) is 4.34. The van der Waals surface area contributed by atoms with Crippen LogP contribution in [-0.4, -0.2) is 31.6 Å². The SMILES string of the molecule is CC(C)c1ccc(NC(=O)Oc2cccc([C@@H]3CCCC[C@H]3CN(C)C)c2)cc1. The van der Waals surface area contributed by atoms with Crippen molar-refractivity contribution < 1.29 is 9.53 Å². The van der Waals surface area contributed by atoms with Crippen LogP contribution >= 0.6 is 0 Å². The van der Waals surface area contributed by atoms with Crippen LogP contribution in [0, 0.1) is 5.92 Å². The summed E-state index contributed by atoms with van der Waals surface area (Å²) in [5.74, 6) is 2.26. The molecule has 1 fully saturated rings. The minimum Gasteiger partial charge on any atom is -0.410 e. The van der Waals surface area contributed by atoms with Gasteiger partial charge in [0.15, 0.2) is 0 Å². The highest BCUT2D eigenvalue weighted by molar-refractivity contribution is 5.86. The summed E-state index contributed by atoms with van der Waals surface area (Å²) in [7, 11) is 4.28. The molecule has 156 valence electrons. The van der Waals surface area contributed by atoms with Crippen LogP contribution in [-0.2, 0) is 0 Å². The summed E-state index contributed by atoms with van der Waals surface area (Å²) >= 11 is 0. The standard InChI is InChI=1S/C25H34N2O2/c1-18(2)19-12-14-22(15-13-19)26-25(28)29-23-10-7-9-20(16-23)24-11-6-5-8-21(24)17-27(3)4/h7,9-10,12-16,18,21,24H,5-6,8,11,17H2,1-4H3,(H,26,28)/t21-,24-/m0/s1. The van der Waals surface area contributed by atoms with E-state index in [0.717, 1.165) is 12.2 Å². The Hall–Kier alpha value is -2.33. The molecule has 0 unspecified atom stereocenters. The molecule has 1 N–H and O–H groups in total. The number of nitrogens with zero attached hydrogens (tertiary/aromatic N) is 1. The molecule has 0 saturated heterocycles. The van der Waals surface area contributed by atoms with Gasteiger partial charge in [0.05, 0.1) is 0 Å². The van der Waals surface area contributed by atoms with Crippen LogP contribution in [0.4, 0.5) is 10.5 Å². The quantitative estimate of drug-likeness (QED) is 0.629. The van der Waals surface area contributed by atoms with E-state index in [4.69, 9.17) is 4.74 Å². The highest BCUT2D eigenvalue weighted by Gasteiger charge is 2.27. The van der Waals surface area contributed by atoms with Crippen molar-refractivity contribution in [2.75, 3.05) is 26.0 Å². The zero-order valence-corrected chi connectivity index (χ0v) is 18.2. The molecule has 4 heteroatoms. The average Bonchev–Trinajstić information content (AvgIpc) is 2.68. The number of benzene rings is 2. The van der Waals surface area contributed by atoms with E-state index >= 15 is 0 Å². The second-order valence-corrected chi connectivity index (χ2v) is 8.78. The van der Waals surface area contributed by atoms with Crippen molar-refractivity contribution in [1.82, 2.24) is 4.90 Å². The lowest BCUT2D eigenvalue weighted by atomic mass is 9.75. The Kier molecular flexibility index (Phi) is 7.32. The van der Waals surface area contributed by atoms with Crippen LogP contribution in [0.3, 0.4) is 0 Å². The first-order chi connectivity index (χ1) is 13.9. The number of hydrogen-bond acceptors (Lipinski definition) is 3. The molecule has 0 radical (unpaired) electrons. The van der Waals surface area contributed by atoms with Gasteiger partial charge in [-0.25, -0.2) is 4.79 Å². The molecule has 2 aromatic carbocycles. The molecule has 4 nitrogen and oxygen atoms in total. The van der Waals surface area contributed by atoms with Gasteiger partial charge in [-0.15, -0.1) is 0 Å². The topological polar surface area (TPSA) is 41.6 Å². The van der Waals surface area contributed by atoms with E-state index in [1.54, 1.807) is 0 Å². The zero-order valence-electron chi connectivity index (χ0n) is 18.2. The Bertz CT molecular complexity index is 799. The summed E-state index contributed by atoms with van der Waals surface area (Å²) in [6, 6.07) is 16.0. The van der Waals surface area contributed by atoms with Gasteiger partial charge in [0.25, 0.3) is 0 Å². The predicted octanol–water partition coefficient (Wildman–Crippen LogP) is 6.26. The summed E-state index contributed by atoms with van der Waals surface area (Å²) in [6.45, 7) is 5.40. The van der Waals surface area contributed by atoms with Crippen molar-refractivity contribution >= 4 is 11.8 Å². The van der Waals surface area contributed by atoms with E-state index < -0.39 is 6.09 Å². The summed E-state index contributed by atoms with van der Waals surface area (Å²) in [4.78, 5) is 14.6. The number of ether oxygens (including phenoxy) is 1. The number of amides is 1. The molecule has 0 aromatic heterocycles. The third kappa shape index (κ3) is 6.07. The maximum Gasteiger partial charge on any atom is 0.417 e. The van der Waals surface area contributed by atoms with E-state index in [9.17, 15) is 4.79 Å². The van der Waals surface area contributed by atoms with Crippen molar-refractivity contribution in [2.45, 2.75) is 51.4 Å². The lowest BCUT2D eigenvalue weighted by Gasteiger charge is -2.34. The Labute approximate surface area is 175 Å². The third-order valence-corrected chi connectivity index (χ3v) is 5.83. The second-order valence-electron chi connectivity index (χ2n) is 8.78. The largest absolute Gasteiger partial charge is 0.417 e. The molecule has 2 atom stereocenters. The Morgan fingerprint density at radius 1 is 1.10 bits per heavy atom. The van der Waals surface area contributed by atoms with Crippen LogP contribution in [0.1, 0.15) is 62.5 Å². The smallest absolute Gasteiger partial charge is 0.410 e. The fourth-order valence-corrected chi connectivity index (χ4v) is 4.34. The highest BCUT2D eigenvalue weighted by atomic mass is 16.6. The third-order valence-electron chi connectivity index (χ3n) is 5.83. The van der Waals surface area contributed by atoms with Gasteiger partial charge in [-0.05, 0) is 80.1 Å². The molecular formula is C25H34N2O2. The Morgan fingerprint density at radius 3 is 2.52 bits per heavy atom. The molecule has 0 bridgehead atoms. The first kappa shape index (κ1) is 21.4. The van der Waals surface area contributed by atoms with Crippen molar-refractivity contribution in [3.63, 3.8) is 0 Å². The monoisotopic (exact) mass is 394 g/mol.